The minimum absolute atomic E-state index is 0.0629. The van der Waals surface area contributed by atoms with Gasteiger partial charge in [-0.25, -0.2) is 0 Å². The zero-order chi connectivity index (χ0) is 37.3. The standard InChI is InChI=1S/C45H86O6/c1-4-7-10-13-16-19-22-24-26-29-32-35-38-44(47)50-41-42(40-49-43(46)37-34-31-28-25-21-18-15-12-9-6-3)51-45(48)39-36-33-30-27-23-20-17-14-11-8-5-2/h42H,4-41H2,1-3H3/t42-/m1/s1. The van der Waals surface area contributed by atoms with Crippen LogP contribution in [0.5, 0.6) is 0 Å². The highest BCUT2D eigenvalue weighted by Crippen LogP contribution is 2.15. The number of rotatable bonds is 41. The lowest BCUT2D eigenvalue weighted by Crippen LogP contribution is -2.30. The molecule has 0 aliphatic heterocycles. The molecule has 0 aliphatic carbocycles. The lowest BCUT2D eigenvalue weighted by atomic mass is 10.0. The highest BCUT2D eigenvalue weighted by molar-refractivity contribution is 5.71. The Morgan fingerprint density at radius 3 is 0.784 bits per heavy atom. The largest absolute Gasteiger partial charge is 0.462 e. The summed E-state index contributed by atoms with van der Waals surface area (Å²) in [4.78, 5) is 37.6. The Hall–Kier alpha value is -1.59. The monoisotopic (exact) mass is 723 g/mol. The van der Waals surface area contributed by atoms with E-state index in [4.69, 9.17) is 14.2 Å². The predicted octanol–water partition coefficient (Wildman–Crippen LogP) is 14.1. The molecule has 0 amide bonds. The van der Waals surface area contributed by atoms with Crippen LogP contribution in [0.25, 0.3) is 0 Å². The molecule has 0 saturated heterocycles. The van der Waals surface area contributed by atoms with E-state index in [2.05, 4.69) is 20.8 Å². The molecule has 1 atom stereocenters. The van der Waals surface area contributed by atoms with Crippen LogP contribution in [0.1, 0.15) is 252 Å². The van der Waals surface area contributed by atoms with Gasteiger partial charge in [-0.2, -0.15) is 0 Å². The van der Waals surface area contributed by atoms with Crippen LogP contribution >= 0.6 is 0 Å². The zero-order valence-corrected chi connectivity index (χ0v) is 34.4. The second kappa shape index (κ2) is 41.2. The van der Waals surface area contributed by atoms with Gasteiger partial charge in [0, 0.05) is 19.3 Å². The maximum absolute atomic E-state index is 12.7. The Morgan fingerprint density at radius 2 is 0.529 bits per heavy atom. The Labute approximate surface area is 317 Å². The molecule has 0 saturated carbocycles. The van der Waals surface area contributed by atoms with Crippen LogP contribution in [-0.4, -0.2) is 37.2 Å². The van der Waals surface area contributed by atoms with Gasteiger partial charge >= 0.3 is 17.9 Å². The van der Waals surface area contributed by atoms with Gasteiger partial charge in [-0.15, -0.1) is 0 Å². The summed E-state index contributed by atoms with van der Waals surface area (Å²) in [6.07, 6.45) is 40.8. The van der Waals surface area contributed by atoms with Gasteiger partial charge in [-0.05, 0) is 19.3 Å². The molecule has 6 heteroatoms. The van der Waals surface area contributed by atoms with Crippen LogP contribution in [0.3, 0.4) is 0 Å². The van der Waals surface area contributed by atoms with Crippen molar-refractivity contribution in [2.75, 3.05) is 13.2 Å². The number of carbonyl (C=O) groups excluding carboxylic acids is 3. The number of carbonyl (C=O) groups is 3. The van der Waals surface area contributed by atoms with E-state index in [9.17, 15) is 14.4 Å². The van der Waals surface area contributed by atoms with Crippen molar-refractivity contribution in [1.82, 2.24) is 0 Å². The fourth-order valence-electron chi connectivity index (χ4n) is 6.68. The number of hydrogen-bond donors (Lipinski definition) is 0. The van der Waals surface area contributed by atoms with Crippen molar-refractivity contribution in [1.29, 1.82) is 0 Å². The minimum atomic E-state index is -0.757. The molecule has 0 heterocycles. The highest BCUT2D eigenvalue weighted by Gasteiger charge is 2.19. The van der Waals surface area contributed by atoms with Crippen LogP contribution in [0, 0.1) is 0 Å². The van der Waals surface area contributed by atoms with Gasteiger partial charge < -0.3 is 14.2 Å². The summed E-state index contributed by atoms with van der Waals surface area (Å²) in [7, 11) is 0. The molecule has 0 aromatic rings. The third-order valence-corrected chi connectivity index (χ3v) is 10.1. The van der Waals surface area contributed by atoms with Crippen molar-refractivity contribution < 1.29 is 28.6 Å². The van der Waals surface area contributed by atoms with Gasteiger partial charge in [0.05, 0.1) is 0 Å². The topological polar surface area (TPSA) is 78.9 Å². The lowest BCUT2D eigenvalue weighted by molar-refractivity contribution is -0.167. The Morgan fingerprint density at radius 1 is 0.314 bits per heavy atom. The summed E-state index contributed by atoms with van der Waals surface area (Å²) >= 11 is 0. The van der Waals surface area contributed by atoms with E-state index in [1.165, 1.54) is 154 Å². The highest BCUT2D eigenvalue weighted by atomic mass is 16.6. The molecule has 0 N–H and O–H groups in total. The number of unbranched alkanes of at least 4 members (excludes halogenated alkanes) is 30. The third kappa shape index (κ3) is 39.5. The molecule has 0 aromatic carbocycles. The van der Waals surface area contributed by atoms with E-state index in [0.717, 1.165) is 57.8 Å². The van der Waals surface area contributed by atoms with Crippen molar-refractivity contribution >= 4 is 17.9 Å². The smallest absolute Gasteiger partial charge is 0.306 e. The molecular formula is C45H86O6. The summed E-state index contributed by atoms with van der Waals surface area (Å²) in [5.41, 5.74) is 0. The number of ether oxygens (including phenoxy) is 3. The van der Waals surface area contributed by atoms with Gasteiger partial charge in [-0.1, -0.05) is 213 Å². The molecule has 0 radical (unpaired) electrons. The van der Waals surface area contributed by atoms with Gasteiger partial charge in [-0.3, -0.25) is 14.4 Å². The number of hydrogen-bond acceptors (Lipinski definition) is 6. The molecule has 0 aromatic heterocycles. The molecule has 302 valence electrons. The van der Waals surface area contributed by atoms with Gasteiger partial charge in [0.25, 0.3) is 0 Å². The molecule has 0 aliphatic rings. The molecular weight excluding hydrogens is 636 g/mol. The predicted molar refractivity (Wildman–Crippen MR) is 215 cm³/mol. The summed E-state index contributed by atoms with van der Waals surface area (Å²) < 4.78 is 16.7. The summed E-state index contributed by atoms with van der Waals surface area (Å²) in [6.45, 7) is 6.63. The van der Waals surface area contributed by atoms with E-state index in [1.54, 1.807) is 0 Å². The second-order valence-electron chi connectivity index (χ2n) is 15.3. The third-order valence-electron chi connectivity index (χ3n) is 10.1. The van der Waals surface area contributed by atoms with Crippen molar-refractivity contribution in [3.63, 3.8) is 0 Å². The fraction of sp³-hybridized carbons (Fsp3) is 0.933. The first kappa shape index (κ1) is 49.4. The Kier molecular flexibility index (Phi) is 39.9. The molecule has 0 bridgehead atoms. The van der Waals surface area contributed by atoms with Crippen molar-refractivity contribution in [3.8, 4) is 0 Å². The molecule has 0 unspecified atom stereocenters. The van der Waals surface area contributed by atoms with Crippen LogP contribution in [0.2, 0.25) is 0 Å². The van der Waals surface area contributed by atoms with Crippen LogP contribution in [0.15, 0.2) is 0 Å². The van der Waals surface area contributed by atoms with Crippen molar-refractivity contribution in [3.05, 3.63) is 0 Å². The number of esters is 3. The Bertz CT molecular complexity index is 753. The first-order valence-corrected chi connectivity index (χ1v) is 22.5. The quantitative estimate of drug-likeness (QED) is 0.0355. The van der Waals surface area contributed by atoms with Gasteiger partial charge in [0.15, 0.2) is 6.10 Å². The lowest BCUT2D eigenvalue weighted by Gasteiger charge is -2.18. The summed E-state index contributed by atoms with van der Waals surface area (Å²) in [5, 5.41) is 0. The zero-order valence-electron chi connectivity index (χ0n) is 34.4. The van der Waals surface area contributed by atoms with Crippen molar-refractivity contribution in [2.24, 2.45) is 0 Å². The van der Waals surface area contributed by atoms with Crippen LogP contribution in [-0.2, 0) is 28.6 Å². The van der Waals surface area contributed by atoms with Crippen LogP contribution < -0.4 is 0 Å². The first-order valence-electron chi connectivity index (χ1n) is 22.5. The van der Waals surface area contributed by atoms with Gasteiger partial charge in [0.1, 0.15) is 13.2 Å². The SMILES string of the molecule is CCCCCCCCCCCCCCC(=O)OC[C@@H](COC(=O)CCCCCCCCCCCC)OC(=O)CCCCCCCCCCCCC. The molecule has 51 heavy (non-hydrogen) atoms. The average Bonchev–Trinajstić information content (AvgIpc) is 3.12. The van der Waals surface area contributed by atoms with E-state index in [-0.39, 0.29) is 31.1 Å². The first-order chi connectivity index (χ1) is 25.0. The maximum Gasteiger partial charge on any atom is 0.306 e. The van der Waals surface area contributed by atoms with E-state index < -0.39 is 6.10 Å². The molecule has 0 spiro atoms. The molecule has 0 rings (SSSR count). The fourth-order valence-corrected chi connectivity index (χ4v) is 6.68. The average molecular weight is 723 g/mol. The van der Waals surface area contributed by atoms with Gasteiger partial charge in [0.2, 0.25) is 0 Å². The van der Waals surface area contributed by atoms with Crippen LogP contribution in [0.4, 0.5) is 0 Å². The molecule has 6 nitrogen and oxygen atoms in total. The summed E-state index contributed by atoms with van der Waals surface area (Å²) in [6, 6.07) is 0. The maximum atomic E-state index is 12.7. The Balaban J connectivity index is 4.32. The summed E-state index contributed by atoms with van der Waals surface area (Å²) in [5.74, 6) is -0.854. The minimum Gasteiger partial charge on any atom is -0.462 e. The second-order valence-corrected chi connectivity index (χ2v) is 15.3. The van der Waals surface area contributed by atoms with E-state index in [0.29, 0.717) is 19.3 Å². The molecule has 0 fully saturated rings. The normalized spacial score (nSPS) is 11.8. The van der Waals surface area contributed by atoms with E-state index in [1.807, 2.05) is 0 Å². The van der Waals surface area contributed by atoms with Crippen molar-refractivity contribution in [2.45, 2.75) is 258 Å². The van der Waals surface area contributed by atoms with E-state index >= 15 is 0 Å².